The largest absolute Gasteiger partial charge is 0.469 e. The van der Waals surface area contributed by atoms with E-state index in [4.69, 9.17) is 4.74 Å². The Morgan fingerprint density at radius 2 is 2.06 bits per heavy atom. The molecule has 0 radical (unpaired) electrons. The zero-order chi connectivity index (χ0) is 13.0. The topological polar surface area (TPSA) is 44.1 Å². The Balaban J connectivity index is 2.22. The van der Waals surface area contributed by atoms with Crippen LogP contribution in [-0.4, -0.2) is 22.6 Å². The number of aromatic nitrogens is 2. The van der Waals surface area contributed by atoms with Crippen molar-refractivity contribution < 1.29 is 9.53 Å². The van der Waals surface area contributed by atoms with Gasteiger partial charge in [-0.2, -0.15) is 0 Å². The zero-order valence-corrected chi connectivity index (χ0v) is 10.6. The summed E-state index contributed by atoms with van der Waals surface area (Å²) in [7, 11) is 1.41. The molecule has 1 aromatic carbocycles. The van der Waals surface area contributed by atoms with Crippen LogP contribution in [0.25, 0.3) is 0 Å². The molecule has 2 aromatic rings. The van der Waals surface area contributed by atoms with Crippen molar-refractivity contribution in [2.75, 3.05) is 7.11 Å². The number of esters is 1. The minimum absolute atomic E-state index is 0.218. The summed E-state index contributed by atoms with van der Waals surface area (Å²) in [5.41, 5.74) is 2.11. The molecule has 0 fully saturated rings. The van der Waals surface area contributed by atoms with Gasteiger partial charge in [-0.1, -0.05) is 24.3 Å². The first-order valence-corrected chi connectivity index (χ1v) is 5.82. The van der Waals surface area contributed by atoms with Crippen molar-refractivity contribution in [3.8, 4) is 0 Å². The fourth-order valence-electron chi connectivity index (χ4n) is 1.87. The number of carbonyl (C=O) groups is 1. The molecule has 18 heavy (non-hydrogen) atoms. The summed E-state index contributed by atoms with van der Waals surface area (Å²) in [6.07, 6.45) is 4.02. The van der Waals surface area contributed by atoms with Gasteiger partial charge in [0.15, 0.2) is 0 Å². The Labute approximate surface area is 106 Å². The molecular weight excluding hydrogens is 228 g/mol. The molecule has 1 heterocycles. The van der Waals surface area contributed by atoms with Crippen LogP contribution in [0.1, 0.15) is 17.0 Å². The third-order valence-electron chi connectivity index (χ3n) is 2.95. The lowest BCUT2D eigenvalue weighted by Gasteiger charge is -2.10. The van der Waals surface area contributed by atoms with Gasteiger partial charge in [-0.25, -0.2) is 4.98 Å². The molecule has 0 aliphatic rings. The number of ether oxygens (including phenoxy) is 1. The molecule has 0 bridgehead atoms. The van der Waals surface area contributed by atoms with Gasteiger partial charge in [0, 0.05) is 18.9 Å². The molecule has 1 aromatic heterocycles. The molecule has 0 amide bonds. The van der Waals surface area contributed by atoms with Crippen LogP contribution in [0.2, 0.25) is 0 Å². The Morgan fingerprint density at radius 3 is 2.67 bits per heavy atom. The number of methoxy groups -OCH3 is 1. The quantitative estimate of drug-likeness (QED) is 0.772. The summed E-state index contributed by atoms with van der Waals surface area (Å²) in [4.78, 5) is 15.6. The standard InChI is InChI=1S/C14H16N2O2/c1-11-15-7-8-16(11)10-13-6-4-3-5-12(13)9-14(17)18-2/h3-8H,9-10H2,1-2H3. The highest BCUT2D eigenvalue weighted by atomic mass is 16.5. The minimum Gasteiger partial charge on any atom is -0.469 e. The maximum Gasteiger partial charge on any atom is 0.309 e. The second-order valence-electron chi connectivity index (χ2n) is 4.12. The van der Waals surface area contributed by atoms with Crippen molar-refractivity contribution in [3.63, 3.8) is 0 Å². The van der Waals surface area contributed by atoms with Crippen molar-refractivity contribution >= 4 is 5.97 Å². The van der Waals surface area contributed by atoms with Crippen LogP contribution in [0.4, 0.5) is 0 Å². The first kappa shape index (κ1) is 12.4. The SMILES string of the molecule is COC(=O)Cc1ccccc1Cn1ccnc1C. The van der Waals surface area contributed by atoms with Gasteiger partial charge in [0.05, 0.1) is 13.5 Å². The molecular formula is C14H16N2O2. The number of rotatable bonds is 4. The van der Waals surface area contributed by atoms with E-state index >= 15 is 0 Å². The highest BCUT2D eigenvalue weighted by Crippen LogP contribution is 2.13. The van der Waals surface area contributed by atoms with E-state index in [9.17, 15) is 4.79 Å². The van der Waals surface area contributed by atoms with E-state index in [0.717, 1.165) is 23.5 Å². The van der Waals surface area contributed by atoms with Crippen molar-refractivity contribution in [2.24, 2.45) is 0 Å². The van der Waals surface area contributed by atoms with E-state index in [-0.39, 0.29) is 5.97 Å². The third-order valence-corrected chi connectivity index (χ3v) is 2.95. The van der Waals surface area contributed by atoms with E-state index in [1.54, 1.807) is 6.20 Å². The van der Waals surface area contributed by atoms with Gasteiger partial charge >= 0.3 is 5.97 Å². The average Bonchev–Trinajstić information content (AvgIpc) is 2.77. The number of benzene rings is 1. The predicted octanol–water partition coefficient (Wildman–Crippen LogP) is 1.96. The van der Waals surface area contributed by atoms with Crippen molar-refractivity contribution in [2.45, 2.75) is 19.9 Å². The number of hydrogen-bond donors (Lipinski definition) is 0. The van der Waals surface area contributed by atoms with E-state index in [0.29, 0.717) is 6.42 Å². The molecule has 0 unspecified atom stereocenters. The van der Waals surface area contributed by atoms with E-state index in [2.05, 4.69) is 9.55 Å². The lowest BCUT2D eigenvalue weighted by atomic mass is 10.0. The lowest BCUT2D eigenvalue weighted by Crippen LogP contribution is -2.09. The summed E-state index contributed by atoms with van der Waals surface area (Å²) in [6.45, 7) is 2.68. The van der Waals surface area contributed by atoms with Gasteiger partial charge in [0.1, 0.15) is 5.82 Å². The highest BCUT2D eigenvalue weighted by Gasteiger charge is 2.08. The second-order valence-corrected chi connectivity index (χ2v) is 4.12. The zero-order valence-electron chi connectivity index (χ0n) is 10.6. The molecule has 4 heteroatoms. The third kappa shape index (κ3) is 2.77. The first-order valence-electron chi connectivity index (χ1n) is 5.82. The molecule has 4 nitrogen and oxygen atoms in total. The highest BCUT2D eigenvalue weighted by molar-refractivity contribution is 5.72. The summed E-state index contributed by atoms with van der Waals surface area (Å²) in [6, 6.07) is 7.89. The fraction of sp³-hybridized carbons (Fsp3) is 0.286. The molecule has 94 valence electrons. The lowest BCUT2D eigenvalue weighted by molar-refractivity contribution is -0.139. The molecule has 0 aliphatic heterocycles. The normalized spacial score (nSPS) is 10.3. The predicted molar refractivity (Wildman–Crippen MR) is 68.2 cm³/mol. The number of carbonyl (C=O) groups excluding carboxylic acids is 1. The number of imidazole rings is 1. The van der Waals surface area contributed by atoms with Gasteiger partial charge in [0.25, 0.3) is 0 Å². The van der Waals surface area contributed by atoms with Crippen molar-refractivity contribution in [1.82, 2.24) is 9.55 Å². The summed E-state index contributed by atoms with van der Waals surface area (Å²) < 4.78 is 6.76. The van der Waals surface area contributed by atoms with Crippen LogP contribution in [0, 0.1) is 6.92 Å². The van der Waals surface area contributed by atoms with Gasteiger partial charge in [0.2, 0.25) is 0 Å². The maximum absolute atomic E-state index is 11.4. The Morgan fingerprint density at radius 1 is 1.33 bits per heavy atom. The average molecular weight is 244 g/mol. The molecule has 0 N–H and O–H groups in total. The molecule has 0 saturated heterocycles. The smallest absolute Gasteiger partial charge is 0.309 e. The van der Waals surface area contributed by atoms with Gasteiger partial charge in [-0.05, 0) is 18.1 Å². The summed E-state index contributed by atoms with van der Waals surface area (Å²) in [5, 5.41) is 0. The van der Waals surface area contributed by atoms with Crippen LogP contribution >= 0.6 is 0 Å². The van der Waals surface area contributed by atoms with E-state index < -0.39 is 0 Å². The molecule has 2 rings (SSSR count). The first-order chi connectivity index (χ1) is 8.70. The Hall–Kier alpha value is -2.10. The fourth-order valence-corrected chi connectivity index (χ4v) is 1.87. The van der Waals surface area contributed by atoms with Crippen LogP contribution in [0.3, 0.4) is 0 Å². The molecule has 0 aliphatic carbocycles. The molecule has 0 atom stereocenters. The minimum atomic E-state index is -0.218. The molecule has 0 spiro atoms. The van der Waals surface area contributed by atoms with E-state index in [1.807, 2.05) is 37.4 Å². The van der Waals surface area contributed by atoms with Crippen LogP contribution < -0.4 is 0 Å². The van der Waals surface area contributed by atoms with Gasteiger partial charge < -0.3 is 9.30 Å². The second kappa shape index (κ2) is 5.49. The monoisotopic (exact) mass is 244 g/mol. The number of hydrogen-bond acceptors (Lipinski definition) is 3. The van der Waals surface area contributed by atoms with Crippen LogP contribution in [0.15, 0.2) is 36.7 Å². The number of aryl methyl sites for hydroxylation is 1. The van der Waals surface area contributed by atoms with Gasteiger partial charge in [-0.3, -0.25) is 4.79 Å². The Kier molecular flexibility index (Phi) is 3.77. The van der Waals surface area contributed by atoms with Crippen molar-refractivity contribution in [1.29, 1.82) is 0 Å². The number of nitrogens with zero attached hydrogens (tertiary/aromatic N) is 2. The maximum atomic E-state index is 11.4. The van der Waals surface area contributed by atoms with Crippen LogP contribution in [-0.2, 0) is 22.5 Å². The van der Waals surface area contributed by atoms with Crippen molar-refractivity contribution in [3.05, 3.63) is 53.6 Å². The van der Waals surface area contributed by atoms with Crippen LogP contribution in [0.5, 0.6) is 0 Å². The Bertz CT molecular complexity index is 546. The summed E-state index contributed by atoms with van der Waals surface area (Å²) >= 11 is 0. The molecule has 0 saturated carbocycles. The van der Waals surface area contributed by atoms with Gasteiger partial charge in [-0.15, -0.1) is 0 Å². The summed E-state index contributed by atoms with van der Waals surface area (Å²) in [5.74, 6) is 0.743. The van der Waals surface area contributed by atoms with E-state index in [1.165, 1.54) is 7.11 Å².